The number of nitrogens with zero attached hydrogens (tertiary/aromatic N) is 1. The number of carbonyl (C=O) groups excluding carboxylic acids is 1. The van der Waals surface area contributed by atoms with Crippen LogP contribution in [-0.2, 0) is 10.2 Å². The van der Waals surface area contributed by atoms with Gasteiger partial charge in [-0.3, -0.25) is 9.59 Å². The summed E-state index contributed by atoms with van der Waals surface area (Å²) in [6.07, 6.45) is 10.8. The number of hydrogen-bond donors (Lipinski definition) is 2. The minimum Gasteiger partial charge on any atom is -0.379 e. The molecule has 2 N–H and O–H groups in total. The lowest BCUT2D eigenvalue weighted by molar-refractivity contribution is -0.00954. The third-order valence-corrected chi connectivity index (χ3v) is 7.08. The van der Waals surface area contributed by atoms with Crippen molar-refractivity contribution >= 4 is 5.91 Å². The Hall–Kier alpha value is -1.69. The Morgan fingerprint density at radius 1 is 1.19 bits per heavy atom. The quantitative estimate of drug-likeness (QED) is 0.868. The molecule has 0 spiro atoms. The van der Waals surface area contributed by atoms with Gasteiger partial charge in [0.25, 0.3) is 11.5 Å². The van der Waals surface area contributed by atoms with E-state index in [-0.39, 0.29) is 28.5 Å². The number of aromatic amines is 1. The fourth-order valence-corrected chi connectivity index (χ4v) is 6.34. The molecule has 5 fully saturated rings. The van der Waals surface area contributed by atoms with Gasteiger partial charge in [0.05, 0.1) is 12.6 Å². The lowest BCUT2D eigenvalue weighted by atomic mass is 9.49. The summed E-state index contributed by atoms with van der Waals surface area (Å²) in [5, 5.41) is 2.91. The van der Waals surface area contributed by atoms with Crippen molar-refractivity contribution < 1.29 is 9.53 Å². The summed E-state index contributed by atoms with van der Waals surface area (Å²) >= 11 is 0. The van der Waals surface area contributed by atoms with Crippen LogP contribution in [0.4, 0.5) is 0 Å². The summed E-state index contributed by atoms with van der Waals surface area (Å²) in [7, 11) is 0. The van der Waals surface area contributed by atoms with E-state index in [9.17, 15) is 9.59 Å². The molecule has 0 aromatic carbocycles. The predicted octanol–water partition coefficient (Wildman–Crippen LogP) is 2.15. The average Bonchev–Trinajstić information content (AvgIpc) is 2.61. The Kier molecular flexibility index (Phi) is 3.92. The average molecular weight is 357 g/mol. The van der Waals surface area contributed by atoms with E-state index in [1.165, 1.54) is 25.5 Å². The van der Waals surface area contributed by atoms with Gasteiger partial charge in [-0.15, -0.1) is 0 Å². The Labute approximate surface area is 153 Å². The first-order valence-electron chi connectivity index (χ1n) is 10.1. The fraction of sp³-hybridized carbons (Fsp3) is 0.750. The molecule has 2 heterocycles. The van der Waals surface area contributed by atoms with Crippen LogP contribution >= 0.6 is 0 Å². The van der Waals surface area contributed by atoms with E-state index in [0.29, 0.717) is 6.61 Å². The van der Waals surface area contributed by atoms with E-state index in [1.54, 1.807) is 0 Å². The Bertz CT molecular complexity index is 731. The zero-order chi connectivity index (χ0) is 17.7. The van der Waals surface area contributed by atoms with Gasteiger partial charge in [-0.1, -0.05) is 0 Å². The van der Waals surface area contributed by atoms with Crippen LogP contribution in [0.25, 0.3) is 0 Å². The SMILES string of the molecule is O=C(NC1CCCOC1)c1cnc(C23CC4CC(CC(C4)C2)C3)[nH]c1=O. The molecule has 6 heteroatoms. The molecule has 6 nitrogen and oxygen atoms in total. The summed E-state index contributed by atoms with van der Waals surface area (Å²) in [6.45, 7) is 1.26. The van der Waals surface area contributed by atoms with Crippen molar-refractivity contribution in [3.8, 4) is 0 Å². The molecule has 6 rings (SSSR count). The zero-order valence-electron chi connectivity index (χ0n) is 15.1. The minimum absolute atomic E-state index is 0.0153. The molecule has 1 aromatic rings. The van der Waals surface area contributed by atoms with E-state index in [4.69, 9.17) is 4.74 Å². The normalized spacial score (nSPS) is 38.3. The van der Waals surface area contributed by atoms with E-state index in [1.807, 2.05) is 0 Å². The molecule has 4 aliphatic carbocycles. The molecule has 1 unspecified atom stereocenters. The molecular weight excluding hydrogens is 330 g/mol. The van der Waals surface area contributed by atoms with Crippen LogP contribution in [0.2, 0.25) is 0 Å². The Balaban J connectivity index is 1.37. The molecule has 1 saturated heterocycles. The number of aromatic nitrogens is 2. The van der Waals surface area contributed by atoms with Gasteiger partial charge in [-0.25, -0.2) is 4.98 Å². The maximum atomic E-state index is 12.6. The van der Waals surface area contributed by atoms with Gasteiger partial charge in [0, 0.05) is 18.2 Å². The first-order valence-corrected chi connectivity index (χ1v) is 10.1. The van der Waals surface area contributed by atoms with Crippen LogP contribution in [0.15, 0.2) is 11.0 Å². The number of rotatable bonds is 3. The lowest BCUT2D eigenvalue weighted by Crippen LogP contribution is -2.50. The number of ether oxygens (including phenoxy) is 1. The van der Waals surface area contributed by atoms with Crippen molar-refractivity contribution in [2.75, 3.05) is 13.2 Å². The van der Waals surface area contributed by atoms with Crippen LogP contribution in [0.3, 0.4) is 0 Å². The van der Waals surface area contributed by atoms with Gasteiger partial charge >= 0.3 is 0 Å². The second-order valence-corrected chi connectivity index (χ2v) is 9.06. The van der Waals surface area contributed by atoms with Crippen LogP contribution in [0.1, 0.15) is 67.5 Å². The standard InChI is InChI=1S/C20H27N3O3/c24-17(22-15-2-1-3-26-11-15)16-10-21-19(23-18(16)25)20-7-12-4-13(8-20)6-14(5-12)9-20/h10,12-15H,1-9,11H2,(H,22,24)(H,21,23,25). The first-order chi connectivity index (χ1) is 12.6. The second kappa shape index (κ2) is 6.19. The number of carbonyl (C=O) groups is 1. The van der Waals surface area contributed by atoms with Crippen molar-refractivity contribution in [2.24, 2.45) is 17.8 Å². The topological polar surface area (TPSA) is 84.1 Å². The molecule has 4 saturated carbocycles. The first kappa shape index (κ1) is 16.5. The highest BCUT2D eigenvalue weighted by Crippen LogP contribution is 2.59. The highest BCUT2D eigenvalue weighted by atomic mass is 16.5. The van der Waals surface area contributed by atoms with Gasteiger partial charge < -0.3 is 15.0 Å². The van der Waals surface area contributed by atoms with Gasteiger partial charge in [-0.05, 0) is 69.1 Å². The molecule has 5 aliphatic rings. The van der Waals surface area contributed by atoms with Crippen LogP contribution in [0, 0.1) is 17.8 Å². The Morgan fingerprint density at radius 3 is 2.46 bits per heavy atom. The smallest absolute Gasteiger partial charge is 0.263 e. The molecule has 4 bridgehead atoms. The maximum Gasteiger partial charge on any atom is 0.263 e. The van der Waals surface area contributed by atoms with Gasteiger partial charge in [0.1, 0.15) is 11.4 Å². The minimum atomic E-state index is -0.341. The summed E-state index contributed by atoms with van der Waals surface area (Å²) in [5.74, 6) is 2.85. The van der Waals surface area contributed by atoms with Crippen LogP contribution in [-0.4, -0.2) is 35.1 Å². The van der Waals surface area contributed by atoms with Crippen molar-refractivity contribution in [1.29, 1.82) is 0 Å². The third kappa shape index (κ3) is 2.79. The molecule has 140 valence electrons. The summed E-state index contributed by atoms with van der Waals surface area (Å²) in [4.78, 5) is 32.7. The molecule has 1 aromatic heterocycles. The fourth-order valence-electron chi connectivity index (χ4n) is 6.34. The highest BCUT2D eigenvalue weighted by molar-refractivity contribution is 5.93. The largest absolute Gasteiger partial charge is 0.379 e. The Morgan fingerprint density at radius 2 is 1.88 bits per heavy atom. The molecular formula is C20H27N3O3. The summed E-state index contributed by atoms with van der Waals surface area (Å²) < 4.78 is 5.39. The maximum absolute atomic E-state index is 12.6. The van der Waals surface area contributed by atoms with Gasteiger partial charge in [-0.2, -0.15) is 0 Å². The molecule has 26 heavy (non-hydrogen) atoms. The summed E-state index contributed by atoms with van der Waals surface area (Å²) in [6, 6.07) is -0.0153. The van der Waals surface area contributed by atoms with E-state index >= 15 is 0 Å². The second-order valence-electron chi connectivity index (χ2n) is 9.06. The molecule has 0 radical (unpaired) electrons. The lowest BCUT2D eigenvalue weighted by Gasteiger charge is -2.56. The van der Waals surface area contributed by atoms with Crippen LogP contribution in [0.5, 0.6) is 0 Å². The van der Waals surface area contributed by atoms with Crippen molar-refractivity contribution in [3.63, 3.8) is 0 Å². The number of nitrogens with one attached hydrogen (secondary N) is 2. The predicted molar refractivity (Wildman–Crippen MR) is 96.0 cm³/mol. The van der Waals surface area contributed by atoms with Crippen LogP contribution < -0.4 is 10.9 Å². The monoisotopic (exact) mass is 357 g/mol. The van der Waals surface area contributed by atoms with Crippen molar-refractivity contribution in [1.82, 2.24) is 15.3 Å². The van der Waals surface area contributed by atoms with Gasteiger partial charge in [0.15, 0.2) is 0 Å². The third-order valence-electron chi connectivity index (χ3n) is 7.08. The number of amides is 1. The highest BCUT2D eigenvalue weighted by Gasteiger charge is 2.52. The van der Waals surface area contributed by atoms with E-state index < -0.39 is 0 Å². The zero-order valence-corrected chi connectivity index (χ0v) is 15.1. The molecule has 1 atom stereocenters. The molecule has 1 amide bonds. The van der Waals surface area contributed by atoms with E-state index in [0.717, 1.165) is 62.3 Å². The van der Waals surface area contributed by atoms with Crippen molar-refractivity contribution in [3.05, 3.63) is 27.9 Å². The summed E-state index contributed by atoms with van der Waals surface area (Å²) in [5.41, 5.74) is -0.149. The number of H-pyrrole nitrogens is 1. The number of hydrogen-bond acceptors (Lipinski definition) is 4. The van der Waals surface area contributed by atoms with Gasteiger partial charge in [0.2, 0.25) is 0 Å². The van der Waals surface area contributed by atoms with E-state index in [2.05, 4.69) is 15.3 Å². The molecule has 1 aliphatic heterocycles. The van der Waals surface area contributed by atoms with Crippen molar-refractivity contribution in [2.45, 2.75) is 62.8 Å².